The third kappa shape index (κ3) is 4.48. The molecule has 146 valence electrons. The topological polar surface area (TPSA) is 81.1 Å². The number of rotatable bonds is 6. The molecule has 2 atom stereocenters. The molecule has 2 heterocycles. The molecule has 1 amide bonds. The van der Waals surface area contributed by atoms with E-state index in [-0.39, 0.29) is 18.1 Å². The predicted octanol–water partition coefficient (Wildman–Crippen LogP) is 2.67. The van der Waals surface area contributed by atoms with Crippen LogP contribution in [0, 0.1) is 6.92 Å². The van der Waals surface area contributed by atoms with E-state index in [0.29, 0.717) is 16.8 Å². The number of methoxy groups -OCH3 is 1. The maximum Gasteiger partial charge on any atom is 0.274 e. The zero-order valence-corrected chi connectivity index (χ0v) is 16.7. The van der Waals surface area contributed by atoms with Gasteiger partial charge < -0.3 is 15.4 Å². The number of amides is 1. The number of nitrogens with one attached hydrogen (secondary N) is 2. The third-order valence-corrected chi connectivity index (χ3v) is 5.31. The SMILES string of the molecule is COC(c1ccc(Cl)cc1)C(C)NC(=O)c1nnn(C2CCNCC2)c1C. The Morgan fingerprint density at radius 1 is 1.33 bits per heavy atom. The van der Waals surface area contributed by atoms with Gasteiger partial charge in [0.2, 0.25) is 0 Å². The van der Waals surface area contributed by atoms with Gasteiger partial charge in [0.25, 0.3) is 5.91 Å². The minimum absolute atomic E-state index is 0.240. The van der Waals surface area contributed by atoms with Gasteiger partial charge in [0, 0.05) is 12.1 Å². The Morgan fingerprint density at radius 2 is 2.00 bits per heavy atom. The van der Waals surface area contributed by atoms with Crippen molar-refractivity contribution in [1.82, 2.24) is 25.6 Å². The van der Waals surface area contributed by atoms with Crippen molar-refractivity contribution in [2.45, 2.75) is 44.9 Å². The lowest BCUT2D eigenvalue weighted by Crippen LogP contribution is -2.38. The minimum atomic E-state index is -0.286. The van der Waals surface area contributed by atoms with Crippen LogP contribution in [-0.2, 0) is 4.74 Å². The van der Waals surface area contributed by atoms with Crippen molar-refractivity contribution in [3.8, 4) is 0 Å². The van der Waals surface area contributed by atoms with Gasteiger partial charge in [0.15, 0.2) is 5.69 Å². The summed E-state index contributed by atoms with van der Waals surface area (Å²) in [5, 5.41) is 15.4. The number of halogens is 1. The van der Waals surface area contributed by atoms with Gasteiger partial charge in [0.05, 0.1) is 17.8 Å². The molecular formula is C19H26ClN5O2. The molecular weight excluding hydrogens is 366 g/mol. The van der Waals surface area contributed by atoms with E-state index in [1.165, 1.54) is 0 Å². The highest BCUT2D eigenvalue weighted by Gasteiger charge is 2.26. The highest BCUT2D eigenvalue weighted by Crippen LogP contribution is 2.24. The van der Waals surface area contributed by atoms with Gasteiger partial charge in [-0.1, -0.05) is 28.9 Å². The number of nitrogens with zero attached hydrogens (tertiary/aromatic N) is 3. The lowest BCUT2D eigenvalue weighted by molar-refractivity contribution is 0.0642. The first-order chi connectivity index (χ1) is 13.0. The molecule has 2 N–H and O–H groups in total. The largest absolute Gasteiger partial charge is 0.375 e. The fourth-order valence-corrected chi connectivity index (χ4v) is 3.71. The van der Waals surface area contributed by atoms with Crippen LogP contribution in [0.25, 0.3) is 0 Å². The van der Waals surface area contributed by atoms with Gasteiger partial charge in [-0.2, -0.15) is 0 Å². The van der Waals surface area contributed by atoms with Crippen LogP contribution >= 0.6 is 11.6 Å². The van der Waals surface area contributed by atoms with Crippen molar-refractivity contribution in [2.75, 3.05) is 20.2 Å². The Hall–Kier alpha value is -1.96. The maximum atomic E-state index is 12.8. The molecule has 1 aliphatic rings. The summed E-state index contributed by atoms with van der Waals surface area (Å²) in [6.07, 6.45) is 1.69. The number of benzene rings is 1. The Labute approximate surface area is 164 Å². The molecule has 1 aliphatic heterocycles. The Kier molecular flexibility index (Phi) is 6.46. The summed E-state index contributed by atoms with van der Waals surface area (Å²) < 4.78 is 7.48. The lowest BCUT2D eigenvalue weighted by Gasteiger charge is -2.24. The lowest BCUT2D eigenvalue weighted by atomic mass is 10.0. The molecule has 2 unspecified atom stereocenters. The number of hydrogen-bond acceptors (Lipinski definition) is 5. The molecule has 0 spiro atoms. The van der Waals surface area contributed by atoms with Crippen molar-refractivity contribution < 1.29 is 9.53 Å². The van der Waals surface area contributed by atoms with Crippen molar-refractivity contribution >= 4 is 17.5 Å². The summed E-state index contributed by atoms with van der Waals surface area (Å²) in [4.78, 5) is 12.8. The van der Waals surface area contributed by atoms with E-state index in [0.717, 1.165) is 37.2 Å². The zero-order chi connectivity index (χ0) is 19.4. The van der Waals surface area contributed by atoms with Crippen LogP contribution in [0.2, 0.25) is 5.02 Å². The third-order valence-electron chi connectivity index (χ3n) is 5.06. The Balaban J connectivity index is 1.70. The van der Waals surface area contributed by atoms with E-state index in [2.05, 4.69) is 20.9 Å². The molecule has 8 heteroatoms. The zero-order valence-electron chi connectivity index (χ0n) is 15.9. The molecule has 1 saturated heterocycles. The smallest absolute Gasteiger partial charge is 0.274 e. The van der Waals surface area contributed by atoms with Gasteiger partial charge >= 0.3 is 0 Å². The highest BCUT2D eigenvalue weighted by molar-refractivity contribution is 6.30. The first kappa shape index (κ1) is 19.8. The molecule has 7 nitrogen and oxygen atoms in total. The predicted molar refractivity (Wildman–Crippen MR) is 104 cm³/mol. The molecule has 1 fully saturated rings. The van der Waals surface area contributed by atoms with Gasteiger partial charge in [-0.25, -0.2) is 4.68 Å². The number of carbonyl (C=O) groups is 1. The summed E-state index contributed by atoms with van der Waals surface area (Å²) in [7, 11) is 1.63. The summed E-state index contributed by atoms with van der Waals surface area (Å²) in [5.41, 5.74) is 2.11. The van der Waals surface area contributed by atoms with Crippen molar-refractivity contribution in [3.05, 3.63) is 46.2 Å². The molecule has 27 heavy (non-hydrogen) atoms. The van der Waals surface area contributed by atoms with Crippen LogP contribution in [0.4, 0.5) is 0 Å². The fraction of sp³-hybridized carbons (Fsp3) is 0.526. The minimum Gasteiger partial charge on any atom is -0.375 e. The number of carbonyl (C=O) groups excluding carboxylic acids is 1. The van der Waals surface area contributed by atoms with Gasteiger partial charge in [-0.15, -0.1) is 5.10 Å². The summed E-state index contributed by atoms with van der Waals surface area (Å²) in [5.74, 6) is -0.240. The quantitative estimate of drug-likeness (QED) is 0.791. The van der Waals surface area contributed by atoms with Gasteiger partial charge in [-0.05, 0) is 57.5 Å². The Bertz CT molecular complexity index is 771. The van der Waals surface area contributed by atoms with E-state index in [1.807, 2.05) is 42.8 Å². The first-order valence-electron chi connectivity index (χ1n) is 9.23. The van der Waals surface area contributed by atoms with Crippen molar-refractivity contribution in [2.24, 2.45) is 0 Å². The number of piperidine rings is 1. The first-order valence-corrected chi connectivity index (χ1v) is 9.60. The van der Waals surface area contributed by atoms with Crippen molar-refractivity contribution in [1.29, 1.82) is 0 Å². The van der Waals surface area contributed by atoms with Gasteiger partial charge in [-0.3, -0.25) is 4.79 Å². The second-order valence-electron chi connectivity index (χ2n) is 6.92. The molecule has 2 aromatic rings. The molecule has 1 aromatic carbocycles. The summed E-state index contributed by atoms with van der Waals surface area (Å²) in [6, 6.07) is 7.47. The van der Waals surface area contributed by atoms with E-state index in [9.17, 15) is 4.79 Å². The molecule has 0 radical (unpaired) electrons. The molecule has 0 saturated carbocycles. The highest BCUT2D eigenvalue weighted by atomic mass is 35.5. The fourth-order valence-electron chi connectivity index (χ4n) is 3.58. The van der Waals surface area contributed by atoms with E-state index >= 15 is 0 Å². The maximum absolute atomic E-state index is 12.8. The monoisotopic (exact) mass is 391 g/mol. The second-order valence-corrected chi connectivity index (χ2v) is 7.36. The van der Waals surface area contributed by atoms with E-state index in [1.54, 1.807) is 7.11 Å². The van der Waals surface area contributed by atoms with Crippen LogP contribution in [-0.4, -0.2) is 47.1 Å². The van der Waals surface area contributed by atoms with Crippen LogP contribution in [0.5, 0.6) is 0 Å². The van der Waals surface area contributed by atoms with Gasteiger partial charge in [0.1, 0.15) is 6.10 Å². The average molecular weight is 392 g/mol. The summed E-state index contributed by atoms with van der Waals surface area (Å²) in [6.45, 7) is 5.72. The summed E-state index contributed by atoms with van der Waals surface area (Å²) >= 11 is 5.96. The van der Waals surface area contributed by atoms with Crippen molar-refractivity contribution in [3.63, 3.8) is 0 Å². The normalized spacial score (nSPS) is 17.5. The van der Waals surface area contributed by atoms with Crippen LogP contribution in [0.3, 0.4) is 0 Å². The second kappa shape index (κ2) is 8.82. The standard InChI is InChI=1S/C19H26ClN5O2/c1-12(18(27-3)14-4-6-15(20)7-5-14)22-19(26)17-13(2)25(24-23-17)16-8-10-21-11-9-16/h4-7,12,16,18,21H,8-11H2,1-3H3,(H,22,26). The van der Waals surface area contributed by atoms with E-state index in [4.69, 9.17) is 16.3 Å². The molecule has 3 rings (SSSR count). The molecule has 0 aliphatic carbocycles. The number of aromatic nitrogens is 3. The molecule has 0 bridgehead atoms. The number of ether oxygens (including phenoxy) is 1. The average Bonchev–Trinajstić information content (AvgIpc) is 3.06. The number of hydrogen-bond donors (Lipinski definition) is 2. The molecule has 1 aromatic heterocycles. The van der Waals surface area contributed by atoms with Crippen LogP contribution in [0.15, 0.2) is 24.3 Å². The van der Waals surface area contributed by atoms with E-state index < -0.39 is 0 Å². The van der Waals surface area contributed by atoms with Crippen LogP contribution < -0.4 is 10.6 Å². The van der Waals surface area contributed by atoms with Crippen LogP contribution in [0.1, 0.15) is 53.7 Å². The Morgan fingerprint density at radius 3 is 2.63 bits per heavy atom.